The third kappa shape index (κ3) is 9.98. The predicted octanol–water partition coefficient (Wildman–Crippen LogP) is 6.28. The summed E-state index contributed by atoms with van der Waals surface area (Å²) in [5.74, 6) is 1.52. The van der Waals surface area contributed by atoms with Gasteiger partial charge >= 0.3 is 5.31 Å². The van der Waals surface area contributed by atoms with Crippen LogP contribution in [0, 0.1) is 0 Å². The van der Waals surface area contributed by atoms with Gasteiger partial charge in [0, 0.05) is 17.6 Å². The Labute approximate surface area is 136 Å². The van der Waals surface area contributed by atoms with Crippen molar-refractivity contribution in [1.82, 2.24) is 0 Å². The second-order valence-electron chi connectivity index (χ2n) is 2.93. The summed E-state index contributed by atoms with van der Waals surface area (Å²) >= 11 is 37.0. The molecular weight excluding hydrogens is 384 g/mol. The molecule has 0 aliphatic heterocycles. The summed E-state index contributed by atoms with van der Waals surface area (Å²) in [6.45, 7) is 0. The first kappa shape index (κ1) is 18.5. The van der Waals surface area contributed by atoms with Crippen LogP contribution in [0.25, 0.3) is 0 Å². The summed E-state index contributed by atoms with van der Waals surface area (Å²) in [5, 5.41) is -2.72. The third-order valence-corrected chi connectivity index (χ3v) is 2.60. The Bertz CT molecular complexity index is 331. The number of halogens is 7. The van der Waals surface area contributed by atoms with Crippen molar-refractivity contribution in [2.24, 2.45) is 0 Å². The normalized spacial score (nSPS) is 10.8. The van der Waals surface area contributed by atoms with Crippen LogP contribution in [0.1, 0.15) is 16.7 Å². The van der Waals surface area contributed by atoms with Crippen molar-refractivity contribution >= 4 is 84.4 Å². The number of alkyl halides is 3. The Morgan fingerprint density at radius 1 is 0.765 bits per heavy atom. The van der Waals surface area contributed by atoms with Crippen molar-refractivity contribution in [3.8, 4) is 0 Å². The molecule has 0 aliphatic rings. The second kappa shape index (κ2) is 9.38. The highest BCUT2D eigenvalue weighted by Gasteiger charge is 2.19. The number of hydrogen-bond donors (Lipinski definition) is 0. The first-order valence-electron chi connectivity index (χ1n) is 4.36. The van der Waals surface area contributed by atoms with Crippen LogP contribution in [-0.4, -0.2) is 5.31 Å². The van der Waals surface area contributed by atoms with Crippen LogP contribution in [0.4, 0.5) is 0 Å². The summed E-state index contributed by atoms with van der Waals surface area (Å²) in [6, 6.07) is 5.95. The van der Waals surface area contributed by atoms with E-state index in [-0.39, 0.29) is 0 Å². The highest BCUT2D eigenvalue weighted by atomic mass is 36.0. The Hall–Kier alpha value is 1.47. The third-order valence-electron chi connectivity index (χ3n) is 1.71. The van der Waals surface area contributed by atoms with Crippen LogP contribution in [0.15, 0.2) is 18.2 Å². The molecule has 0 atom stereocenters. The summed E-state index contributed by atoms with van der Waals surface area (Å²) in [5.41, 5.74) is 3.24. The van der Waals surface area contributed by atoms with Gasteiger partial charge in [-0.3, -0.25) is 0 Å². The fourth-order valence-electron chi connectivity index (χ4n) is 1.02. The first-order valence-corrected chi connectivity index (χ1v) is 12.0. The van der Waals surface area contributed by atoms with Crippen molar-refractivity contribution in [2.75, 3.05) is 0 Å². The molecule has 98 valence electrons. The van der Waals surface area contributed by atoms with Crippen molar-refractivity contribution in [2.45, 2.75) is 17.6 Å². The SMILES string of the molecule is ClCc1ccc(CCl)c(CCl)c1.Cl[Si](Cl)(Cl)Cl. The monoisotopic (exact) mass is 390 g/mol. The maximum absolute atomic E-state index is 5.74. The zero-order valence-corrected chi connectivity index (χ0v) is 14.8. The lowest BCUT2D eigenvalue weighted by molar-refractivity contribution is 1.23. The largest absolute Gasteiger partial charge is 0.440 e. The Morgan fingerprint density at radius 3 is 1.59 bits per heavy atom. The molecule has 0 amide bonds. The molecule has 0 heterocycles. The lowest BCUT2D eigenvalue weighted by atomic mass is 10.1. The van der Waals surface area contributed by atoms with Gasteiger partial charge in [-0.25, -0.2) is 0 Å². The average Bonchev–Trinajstić information content (AvgIpc) is 2.25. The molecular formula is C9H9Cl7Si. The summed E-state index contributed by atoms with van der Waals surface area (Å²) in [7, 11) is 0. The van der Waals surface area contributed by atoms with Gasteiger partial charge in [0.05, 0.1) is 0 Å². The summed E-state index contributed by atoms with van der Waals surface area (Å²) < 4.78 is 0. The Balaban J connectivity index is 0.000000437. The predicted molar refractivity (Wildman–Crippen MR) is 84.3 cm³/mol. The van der Waals surface area contributed by atoms with Gasteiger partial charge in [-0.15, -0.1) is 79.1 Å². The molecule has 0 saturated heterocycles. The Morgan fingerprint density at radius 2 is 1.24 bits per heavy atom. The molecule has 0 fully saturated rings. The lowest BCUT2D eigenvalue weighted by Gasteiger charge is -2.04. The van der Waals surface area contributed by atoms with E-state index in [2.05, 4.69) is 0 Å². The number of benzene rings is 1. The molecule has 0 aromatic heterocycles. The molecule has 1 aromatic rings. The zero-order valence-electron chi connectivity index (χ0n) is 8.50. The van der Waals surface area contributed by atoms with Crippen LogP contribution >= 0.6 is 79.1 Å². The summed E-state index contributed by atoms with van der Waals surface area (Å²) in [6.07, 6.45) is 0. The topological polar surface area (TPSA) is 0 Å². The summed E-state index contributed by atoms with van der Waals surface area (Å²) in [4.78, 5) is 0. The van der Waals surface area contributed by atoms with Crippen LogP contribution < -0.4 is 0 Å². The quantitative estimate of drug-likeness (QED) is 0.322. The molecule has 0 aliphatic carbocycles. The van der Waals surface area contributed by atoms with E-state index < -0.39 is 5.31 Å². The zero-order chi connectivity index (χ0) is 13.5. The van der Waals surface area contributed by atoms with Crippen molar-refractivity contribution < 1.29 is 0 Å². The van der Waals surface area contributed by atoms with Gasteiger partial charge in [0.25, 0.3) is 0 Å². The van der Waals surface area contributed by atoms with Crippen LogP contribution in [-0.2, 0) is 17.6 Å². The molecule has 0 saturated carbocycles. The molecule has 0 unspecified atom stereocenters. The molecule has 17 heavy (non-hydrogen) atoms. The van der Waals surface area contributed by atoms with Crippen LogP contribution in [0.2, 0.25) is 0 Å². The number of rotatable bonds is 3. The van der Waals surface area contributed by atoms with Crippen LogP contribution in [0.3, 0.4) is 0 Å². The van der Waals surface area contributed by atoms with E-state index >= 15 is 0 Å². The minimum Gasteiger partial charge on any atom is -0.122 e. The van der Waals surface area contributed by atoms with Gasteiger partial charge in [-0.05, 0) is 16.7 Å². The van der Waals surface area contributed by atoms with E-state index in [0.717, 1.165) is 16.7 Å². The molecule has 0 radical (unpaired) electrons. The smallest absolute Gasteiger partial charge is 0.122 e. The molecule has 0 N–H and O–H groups in total. The maximum atomic E-state index is 5.74. The second-order valence-corrected chi connectivity index (χ2v) is 14.9. The Kier molecular flexibility index (Phi) is 10.2. The van der Waals surface area contributed by atoms with E-state index in [1.54, 1.807) is 0 Å². The minimum atomic E-state index is -2.72. The van der Waals surface area contributed by atoms with Gasteiger partial charge in [0.2, 0.25) is 0 Å². The molecule has 1 rings (SSSR count). The molecule has 1 aromatic carbocycles. The standard InChI is InChI=1S/C9H9Cl3.Cl4Si/c10-4-7-1-2-8(5-11)9(3-7)6-12;1-5(2,3)4/h1-3H,4-6H2;. The molecule has 0 spiro atoms. The first-order chi connectivity index (χ1) is 7.81. The molecule has 0 nitrogen and oxygen atoms in total. The van der Waals surface area contributed by atoms with Gasteiger partial charge in [-0.1, -0.05) is 18.2 Å². The van der Waals surface area contributed by atoms with Gasteiger partial charge in [0.1, 0.15) is 0 Å². The van der Waals surface area contributed by atoms with Gasteiger partial charge < -0.3 is 0 Å². The fraction of sp³-hybridized carbons (Fsp3) is 0.333. The van der Waals surface area contributed by atoms with E-state index in [0.29, 0.717) is 17.6 Å². The molecule has 8 heteroatoms. The van der Waals surface area contributed by atoms with E-state index in [4.69, 9.17) is 79.1 Å². The van der Waals surface area contributed by atoms with Crippen molar-refractivity contribution in [3.05, 3.63) is 34.9 Å². The highest BCUT2D eigenvalue weighted by Crippen LogP contribution is 2.23. The van der Waals surface area contributed by atoms with Crippen molar-refractivity contribution in [3.63, 3.8) is 0 Å². The van der Waals surface area contributed by atoms with Crippen LogP contribution in [0.5, 0.6) is 0 Å². The van der Waals surface area contributed by atoms with E-state index in [9.17, 15) is 0 Å². The fourth-order valence-corrected chi connectivity index (χ4v) is 1.69. The molecule has 0 bridgehead atoms. The number of hydrogen-bond acceptors (Lipinski definition) is 0. The maximum Gasteiger partial charge on any atom is 0.440 e. The lowest BCUT2D eigenvalue weighted by Crippen LogP contribution is -1.91. The van der Waals surface area contributed by atoms with Gasteiger partial charge in [-0.2, -0.15) is 0 Å². The highest BCUT2D eigenvalue weighted by molar-refractivity contribution is 7.81. The average molecular weight is 393 g/mol. The van der Waals surface area contributed by atoms with Crippen molar-refractivity contribution in [1.29, 1.82) is 0 Å². The van der Waals surface area contributed by atoms with E-state index in [1.807, 2.05) is 18.2 Å². The van der Waals surface area contributed by atoms with E-state index in [1.165, 1.54) is 0 Å². The van der Waals surface area contributed by atoms with Gasteiger partial charge in [0.15, 0.2) is 0 Å². The minimum absolute atomic E-state index is 0.493.